The van der Waals surface area contributed by atoms with Crippen molar-refractivity contribution in [2.75, 3.05) is 39.8 Å². The van der Waals surface area contributed by atoms with E-state index in [0.717, 1.165) is 0 Å². The molecule has 138 valence electrons. The van der Waals surface area contributed by atoms with Crippen molar-refractivity contribution in [1.82, 2.24) is 15.5 Å². The van der Waals surface area contributed by atoms with Gasteiger partial charge in [0.05, 0.1) is 19.4 Å². The Hall–Kier alpha value is -1.74. The molecule has 0 radical (unpaired) electrons. The minimum Gasteiger partial charge on any atom is -0.466 e. The average Bonchev–Trinajstić information content (AvgIpc) is 2.97. The number of nitrogens with zero attached hydrogens (tertiary/aromatic N) is 2. The van der Waals surface area contributed by atoms with Crippen LogP contribution < -0.4 is 10.6 Å². The summed E-state index contributed by atoms with van der Waals surface area (Å²) in [5.41, 5.74) is -1.26. The van der Waals surface area contributed by atoms with Crippen LogP contribution >= 0.6 is 0 Å². The van der Waals surface area contributed by atoms with Gasteiger partial charge in [-0.15, -0.1) is 0 Å². The molecular weight excluding hydrogens is 325 g/mol. The maximum Gasteiger partial charge on any atom is 0.401 e. The zero-order chi connectivity index (χ0) is 18.2. The summed E-state index contributed by atoms with van der Waals surface area (Å²) in [5.74, 6) is 0.816. The Morgan fingerprint density at radius 1 is 1.38 bits per heavy atom. The first-order valence-electron chi connectivity index (χ1n) is 7.68. The molecule has 0 aromatic carbocycles. The van der Waals surface area contributed by atoms with Crippen LogP contribution in [0.25, 0.3) is 0 Å². The van der Waals surface area contributed by atoms with E-state index in [2.05, 4.69) is 15.6 Å². The SMILES string of the molecule is CCNC(=NCC(C)(O)c1ccco1)NCCN(C)CC(F)(F)F. The minimum atomic E-state index is -4.21. The van der Waals surface area contributed by atoms with Crippen LogP contribution in [0.1, 0.15) is 19.6 Å². The molecule has 1 atom stereocenters. The van der Waals surface area contributed by atoms with Crippen LogP contribution in [0.5, 0.6) is 0 Å². The summed E-state index contributed by atoms with van der Waals surface area (Å²) in [7, 11) is 1.40. The molecule has 0 saturated carbocycles. The second kappa shape index (κ2) is 8.93. The second-order valence-electron chi connectivity index (χ2n) is 5.73. The van der Waals surface area contributed by atoms with E-state index < -0.39 is 18.3 Å². The van der Waals surface area contributed by atoms with Crippen LogP contribution in [0, 0.1) is 0 Å². The van der Waals surface area contributed by atoms with Gasteiger partial charge in [-0.25, -0.2) is 4.99 Å². The number of hydrogen-bond donors (Lipinski definition) is 3. The van der Waals surface area contributed by atoms with E-state index in [1.54, 1.807) is 19.1 Å². The standard InChI is InChI=1S/C15H25F3N4O2/c1-4-19-13(20-7-8-22(3)11-15(16,17)18)21-10-14(2,23)12-6-5-9-24-12/h5-6,9,23H,4,7-8,10-11H2,1-3H3,(H2,19,20,21). The van der Waals surface area contributed by atoms with Gasteiger partial charge in [-0.1, -0.05) is 0 Å². The van der Waals surface area contributed by atoms with Gasteiger partial charge in [0.1, 0.15) is 11.4 Å². The first-order valence-corrected chi connectivity index (χ1v) is 7.68. The molecule has 1 rings (SSSR count). The van der Waals surface area contributed by atoms with Crippen LogP contribution in [0.4, 0.5) is 13.2 Å². The van der Waals surface area contributed by atoms with Gasteiger partial charge < -0.3 is 20.2 Å². The van der Waals surface area contributed by atoms with Gasteiger partial charge in [-0.3, -0.25) is 4.90 Å². The fourth-order valence-electron chi connectivity index (χ4n) is 1.99. The number of furan rings is 1. The first kappa shape index (κ1) is 20.3. The molecule has 1 aromatic rings. The molecule has 0 spiro atoms. The molecule has 0 aliphatic carbocycles. The molecule has 0 amide bonds. The molecule has 6 nitrogen and oxygen atoms in total. The maximum absolute atomic E-state index is 12.3. The third-order valence-electron chi connectivity index (χ3n) is 3.18. The van der Waals surface area contributed by atoms with Gasteiger partial charge in [0, 0.05) is 19.6 Å². The van der Waals surface area contributed by atoms with E-state index in [1.807, 2.05) is 6.92 Å². The van der Waals surface area contributed by atoms with E-state index in [-0.39, 0.29) is 13.1 Å². The molecule has 0 bridgehead atoms. The van der Waals surface area contributed by atoms with Gasteiger partial charge in [0.15, 0.2) is 5.96 Å². The van der Waals surface area contributed by atoms with Crippen molar-refractivity contribution in [2.45, 2.75) is 25.6 Å². The van der Waals surface area contributed by atoms with Crippen molar-refractivity contribution in [3.63, 3.8) is 0 Å². The molecule has 0 aliphatic heterocycles. The molecule has 0 fully saturated rings. The van der Waals surface area contributed by atoms with Crippen molar-refractivity contribution in [1.29, 1.82) is 0 Å². The Morgan fingerprint density at radius 2 is 2.08 bits per heavy atom. The third kappa shape index (κ3) is 7.69. The van der Waals surface area contributed by atoms with E-state index in [9.17, 15) is 18.3 Å². The largest absolute Gasteiger partial charge is 0.466 e. The Bertz CT molecular complexity index is 501. The lowest BCUT2D eigenvalue weighted by atomic mass is 10.0. The summed E-state index contributed by atoms with van der Waals surface area (Å²) in [6, 6.07) is 3.33. The number of nitrogens with one attached hydrogen (secondary N) is 2. The van der Waals surface area contributed by atoms with Crippen LogP contribution in [0.3, 0.4) is 0 Å². The number of hydrogen-bond acceptors (Lipinski definition) is 4. The monoisotopic (exact) mass is 350 g/mol. The molecule has 1 aromatic heterocycles. The Balaban J connectivity index is 2.51. The van der Waals surface area contributed by atoms with Crippen molar-refractivity contribution >= 4 is 5.96 Å². The lowest BCUT2D eigenvalue weighted by molar-refractivity contribution is -0.142. The van der Waals surface area contributed by atoms with Crippen LogP contribution in [0.2, 0.25) is 0 Å². The lowest BCUT2D eigenvalue weighted by Crippen LogP contribution is -2.43. The number of alkyl halides is 3. The van der Waals surface area contributed by atoms with E-state index >= 15 is 0 Å². The van der Waals surface area contributed by atoms with E-state index in [4.69, 9.17) is 4.42 Å². The minimum absolute atomic E-state index is 0.0498. The van der Waals surface area contributed by atoms with Crippen molar-refractivity contribution < 1.29 is 22.7 Å². The zero-order valence-electron chi connectivity index (χ0n) is 14.2. The highest BCUT2D eigenvalue weighted by atomic mass is 19.4. The number of likely N-dealkylation sites (N-methyl/N-ethyl adjacent to an activating group) is 1. The summed E-state index contributed by atoms with van der Waals surface area (Å²) in [5, 5.41) is 16.3. The predicted octanol–water partition coefficient (Wildman–Crippen LogP) is 1.54. The molecule has 0 aliphatic rings. The molecule has 0 saturated heterocycles. The lowest BCUT2D eigenvalue weighted by Gasteiger charge is -2.21. The van der Waals surface area contributed by atoms with E-state index in [0.29, 0.717) is 24.8 Å². The maximum atomic E-state index is 12.3. The average molecular weight is 350 g/mol. The van der Waals surface area contributed by atoms with Crippen molar-refractivity contribution in [3.8, 4) is 0 Å². The molecule has 1 unspecified atom stereocenters. The Kier molecular flexibility index (Phi) is 7.56. The highest BCUT2D eigenvalue weighted by Gasteiger charge is 2.29. The number of aliphatic imine (C=N–C) groups is 1. The molecule has 3 N–H and O–H groups in total. The highest BCUT2D eigenvalue weighted by molar-refractivity contribution is 5.79. The van der Waals surface area contributed by atoms with Crippen LogP contribution in [-0.2, 0) is 5.60 Å². The van der Waals surface area contributed by atoms with Gasteiger partial charge >= 0.3 is 6.18 Å². The summed E-state index contributed by atoms with van der Waals surface area (Å²) < 4.78 is 42.0. The van der Waals surface area contributed by atoms with Gasteiger partial charge in [0.2, 0.25) is 0 Å². The summed E-state index contributed by atoms with van der Waals surface area (Å²) in [6.45, 7) is 3.63. The van der Waals surface area contributed by atoms with Crippen molar-refractivity contribution in [3.05, 3.63) is 24.2 Å². The molecular formula is C15H25F3N4O2. The van der Waals surface area contributed by atoms with Crippen LogP contribution in [0.15, 0.2) is 27.8 Å². The van der Waals surface area contributed by atoms with Gasteiger partial charge in [-0.05, 0) is 33.0 Å². The molecule has 24 heavy (non-hydrogen) atoms. The predicted molar refractivity (Wildman–Crippen MR) is 85.8 cm³/mol. The van der Waals surface area contributed by atoms with Gasteiger partial charge in [-0.2, -0.15) is 13.2 Å². The fraction of sp³-hybridized carbons (Fsp3) is 0.667. The second-order valence-corrected chi connectivity index (χ2v) is 5.73. The first-order chi connectivity index (χ1) is 11.1. The molecule has 9 heteroatoms. The number of aliphatic hydroxyl groups is 1. The third-order valence-corrected chi connectivity index (χ3v) is 3.18. The zero-order valence-corrected chi connectivity index (χ0v) is 14.2. The summed E-state index contributed by atoms with van der Waals surface area (Å²) >= 11 is 0. The highest BCUT2D eigenvalue weighted by Crippen LogP contribution is 2.21. The summed E-state index contributed by atoms with van der Waals surface area (Å²) in [4.78, 5) is 5.43. The van der Waals surface area contributed by atoms with E-state index in [1.165, 1.54) is 18.2 Å². The number of halogens is 3. The van der Waals surface area contributed by atoms with Gasteiger partial charge in [0.25, 0.3) is 0 Å². The molecule has 1 heterocycles. The number of guanidine groups is 1. The Labute approximate surface area is 139 Å². The smallest absolute Gasteiger partial charge is 0.401 e. The normalized spacial score (nSPS) is 15.4. The summed E-state index contributed by atoms with van der Waals surface area (Å²) in [6.07, 6.45) is -2.75. The van der Waals surface area contributed by atoms with Crippen LogP contribution in [-0.4, -0.2) is 61.9 Å². The van der Waals surface area contributed by atoms with Crippen molar-refractivity contribution in [2.24, 2.45) is 4.99 Å². The fourth-order valence-corrected chi connectivity index (χ4v) is 1.99. The number of rotatable bonds is 8. The quantitative estimate of drug-likeness (QED) is 0.490. The topological polar surface area (TPSA) is 73.0 Å². The Morgan fingerprint density at radius 3 is 2.62 bits per heavy atom.